The second-order valence-electron chi connectivity index (χ2n) is 6.35. The molecule has 1 aliphatic heterocycles. The Labute approximate surface area is 162 Å². The fourth-order valence-corrected chi connectivity index (χ4v) is 3.56. The topological polar surface area (TPSA) is 62.6 Å². The van der Waals surface area contributed by atoms with Crippen molar-refractivity contribution in [3.8, 4) is 0 Å². The Kier molecular flexibility index (Phi) is 6.22. The van der Waals surface area contributed by atoms with Crippen molar-refractivity contribution in [2.24, 2.45) is 0 Å². The molecule has 1 N–H and O–H groups in total. The monoisotopic (exact) mass is 394 g/mol. The molecular formula is C19H20Cl2N2O3. The number of nitrogens with zero attached hydrogens (tertiary/aromatic N) is 1. The molecule has 0 saturated carbocycles. The van der Waals surface area contributed by atoms with Crippen LogP contribution in [-0.2, 0) is 11.2 Å². The van der Waals surface area contributed by atoms with Crippen LogP contribution in [0.15, 0.2) is 41.0 Å². The molecule has 0 spiro atoms. The van der Waals surface area contributed by atoms with Crippen molar-refractivity contribution in [2.45, 2.75) is 31.7 Å². The van der Waals surface area contributed by atoms with Gasteiger partial charge in [0, 0.05) is 35.6 Å². The zero-order valence-electron chi connectivity index (χ0n) is 14.2. The van der Waals surface area contributed by atoms with E-state index >= 15 is 0 Å². The summed E-state index contributed by atoms with van der Waals surface area (Å²) >= 11 is 12.0. The summed E-state index contributed by atoms with van der Waals surface area (Å²) < 4.78 is 5.15. The molecule has 2 amide bonds. The van der Waals surface area contributed by atoms with Gasteiger partial charge in [-0.25, -0.2) is 0 Å². The first-order valence-corrected chi connectivity index (χ1v) is 9.34. The summed E-state index contributed by atoms with van der Waals surface area (Å²) in [7, 11) is 0. The Morgan fingerprint density at radius 2 is 1.96 bits per heavy atom. The minimum atomic E-state index is -0.0999. The van der Waals surface area contributed by atoms with E-state index in [0.29, 0.717) is 41.7 Å². The molecule has 1 aromatic carbocycles. The Morgan fingerprint density at radius 1 is 1.19 bits per heavy atom. The predicted octanol–water partition coefficient (Wildman–Crippen LogP) is 3.94. The lowest BCUT2D eigenvalue weighted by atomic mass is 10.0. The van der Waals surface area contributed by atoms with Crippen LogP contribution in [0.25, 0.3) is 0 Å². The van der Waals surface area contributed by atoms with E-state index in [-0.39, 0.29) is 17.9 Å². The number of furan rings is 1. The number of nitrogens with one attached hydrogen (secondary N) is 1. The number of piperidine rings is 1. The van der Waals surface area contributed by atoms with Crippen molar-refractivity contribution in [3.05, 3.63) is 58.0 Å². The van der Waals surface area contributed by atoms with Crippen LogP contribution in [0.4, 0.5) is 0 Å². The van der Waals surface area contributed by atoms with Gasteiger partial charge < -0.3 is 14.6 Å². The first-order valence-electron chi connectivity index (χ1n) is 8.59. The molecule has 1 saturated heterocycles. The lowest BCUT2D eigenvalue weighted by Crippen LogP contribution is -2.46. The van der Waals surface area contributed by atoms with E-state index in [9.17, 15) is 9.59 Å². The van der Waals surface area contributed by atoms with Crippen LogP contribution in [0.5, 0.6) is 0 Å². The Morgan fingerprint density at radius 3 is 2.62 bits per heavy atom. The maximum Gasteiger partial charge on any atom is 0.289 e. The molecule has 7 heteroatoms. The summed E-state index contributed by atoms with van der Waals surface area (Å²) in [5, 5.41) is 4.21. The van der Waals surface area contributed by atoms with Gasteiger partial charge in [-0.05, 0) is 49.1 Å². The maximum atomic E-state index is 12.2. The van der Waals surface area contributed by atoms with Crippen molar-refractivity contribution >= 4 is 35.0 Å². The fraction of sp³-hybridized carbons (Fsp3) is 0.368. The van der Waals surface area contributed by atoms with Gasteiger partial charge in [0.2, 0.25) is 5.91 Å². The molecular weight excluding hydrogens is 375 g/mol. The van der Waals surface area contributed by atoms with Gasteiger partial charge in [0.25, 0.3) is 5.91 Å². The van der Waals surface area contributed by atoms with E-state index in [4.69, 9.17) is 27.6 Å². The lowest BCUT2D eigenvalue weighted by Gasteiger charge is -2.31. The van der Waals surface area contributed by atoms with Gasteiger partial charge in [0.1, 0.15) is 0 Å². The molecule has 5 nitrogen and oxygen atoms in total. The van der Waals surface area contributed by atoms with Crippen LogP contribution >= 0.6 is 23.2 Å². The normalized spacial score (nSPS) is 15.1. The minimum absolute atomic E-state index is 0.00757. The van der Waals surface area contributed by atoms with E-state index in [2.05, 4.69) is 5.32 Å². The molecule has 2 heterocycles. The van der Waals surface area contributed by atoms with Crippen LogP contribution in [0, 0.1) is 0 Å². The lowest BCUT2D eigenvalue weighted by molar-refractivity contribution is -0.122. The third-order valence-electron chi connectivity index (χ3n) is 4.52. The summed E-state index contributed by atoms with van der Waals surface area (Å²) in [6.45, 7) is 1.21. The van der Waals surface area contributed by atoms with Crippen LogP contribution in [-0.4, -0.2) is 35.8 Å². The first-order chi connectivity index (χ1) is 12.5. The number of rotatable bonds is 5. The highest BCUT2D eigenvalue weighted by molar-refractivity contribution is 6.35. The summed E-state index contributed by atoms with van der Waals surface area (Å²) in [5.74, 6) is 0.247. The number of carbonyl (C=O) groups is 2. The van der Waals surface area contributed by atoms with Gasteiger partial charge in [-0.15, -0.1) is 0 Å². The standard InChI is InChI=1S/C19H20Cl2N2O3/c20-14-5-3-13(16(21)12-14)4-6-18(24)22-15-7-9-23(10-8-15)19(25)17-2-1-11-26-17/h1-3,5,11-12,15H,4,6-10H2,(H,22,24). The summed E-state index contributed by atoms with van der Waals surface area (Å²) in [5.41, 5.74) is 0.907. The molecule has 138 valence electrons. The summed E-state index contributed by atoms with van der Waals surface area (Å²) in [6.07, 6.45) is 3.90. The average molecular weight is 395 g/mol. The number of aryl methyl sites for hydroxylation is 1. The summed E-state index contributed by atoms with van der Waals surface area (Å²) in [4.78, 5) is 26.2. The number of amides is 2. The van der Waals surface area contributed by atoms with Crippen molar-refractivity contribution in [1.29, 1.82) is 0 Å². The number of hydrogen-bond acceptors (Lipinski definition) is 3. The Bertz CT molecular complexity index is 769. The van der Waals surface area contributed by atoms with E-state index in [1.807, 2.05) is 6.07 Å². The molecule has 1 aromatic heterocycles. The number of likely N-dealkylation sites (tertiary alicyclic amines) is 1. The highest BCUT2D eigenvalue weighted by Gasteiger charge is 2.25. The molecule has 1 fully saturated rings. The first kappa shape index (κ1) is 18.8. The molecule has 0 aliphatic carbocycles. The van der Waals surface area contributed by atoms with Gasteiger partial charge in [-0.3, -0.25) is 9.59 Å². The molecule has 2 aromatic rings. The zero-order valence-corrected chi connectivity index (χ0v) is 15.7. The molecule has 3 rings (SSSR count). The smallest absolute Gasteiger partial charge is 0.289 e. The van der Waals surface area contributed by atoms with Crippen LogP contribution in [0.1, 0.15) is 35.4 Å². The van der Waals surface area contributed by atoms with Gasteiger partial charge in [-0.2, -0.15) is 0 Å². The summed E-state index contributed by atoms with van der Waals surface area (Å²) in [6, 6.07) is 8.75. The number of hydrogen-bond donors (Lipinski definition) is 1. The van der Waals surface area contributed by atoms with Gasteiger partial charge in [0.05, 0.1) is 6.26 Å². The molecule has 0 bridgehead atoms. The van der Waals surface area contributed by atoms with Gasteiger partial charge >= 0.3 is 0 Å². The van der Waals surface area contributed by atoms with Crippen molar-refractivity contribution in [1.82, 2.24) is 10.2 Å². The SMILES string of the molecule is O=C(CCc1ccc(Cl)cc1Cl)NC1CCN(C(=O)c2ccco2)CC1. The highest BCUT2D eigenvalue weighted by atomic mass is 35.5. The largest absolute Gasteiger partial charge is 0.459 e. The molecule has 1 aliphatic rings. The van der Waals surface area contributed by atoms with Crippen molar-refractivity contribution in [2.75, 3.05) is 13.1 Å². The second kappa shape index (κ2) is 8.60. The van der Waals surface area contributed by atoms with E-state index in [1.54, 1.807) is 29.2 Å². The van der Waals surface area contributed by atoms with Crippen LogP contribution in [0.3, 0.4) is 0 Å². The molecule has 0 unspecified atom stereocenters. The van der Waals surface area contributed by atoms with Crippen LogP contribution < -0.4 is 5.32 Å². The van der Waals surface area contributed by atoms with E-state index in [0.717, 1.165) is 18.4 Å². The third kappa shape index (κ3) is 4.80. The van der Waals surface area contributed by atoms with Crippen molar-refractivity contribution < 1.29 is 14.0 Å². The van der Waals surface area contributed by atoms with Crippen molar-refractivity contribution in [3.63, 3.8) is 0 Å². The number of carbonyl (C=O) groups excluding carboxylic acids is 2. The third-order valence-corrected chi connectivity index (χ3v) is 5.10. The Balaban J connectivity index is 1.42. The minimum Gasteiger partial charge on any atom is -0.459 e. The number of benzene rings is 1. The fourth-order valence-electron chi connectivity index (χ4n) is 3.06. The highest BCUT2D eigenvalue weighted by Crippen LogP contribution is 2.22. The van der Waals surface area contributed by atoms with E-state index in [1.165, 1.54) is 6.26 Å². The number of halogens is 2. The predicted molar refractivity (Wildman–Crippen MR) is 101 cm³/mol. The Hall–Kier alpha value is -1.98. The molecule has 0 atom stereocenters. The quantitative estimate of drug-likeness (QED) is 0.834. The van der Waals surface area contributed by atoms with Gasteiger partial charge in [-0.1, -0.05) is 29.3 Å². The van der Waals surface area contributed by atoms with Crippen LogP contribution in [0.2, 0.25) is 10.0 Å². The van der Waals surface area contributed by atoms with E-state index < -0.39 is 0 Å². The maximum absolute atomic E-state index is 12.2. The zero-order chi connectivity index (χ0) is 18.5. The molecule has 0 radical (unpaired) electrons. The average Bonchev–Trinajstić information content (AvgIpc) is 3.16. The second-order valence-corrected chi connectivity index (χ2v) is 7.19. The molecule has 26 heavy (non-hydrogen) atoms. The van der Waals surface area contributed by atoms with Gasteiger partial charge in [0.15, 0.2) is 5.76 Å².